The van der Waals surface area contributed by atoms with E-state index in [1.54, 1.807) is 0 Å². The third-order valence-electron chi connectivity index (χ3n) is 1.30. The Labute approximate surface area is 77.6 Å². The molecule has 1 aromatic carbocycles. The summed E-state index contributed by atoms with van der Waals surface area (Å²) in [6.07, 6.45) is 0. The van der Waals surface area contributed by atoms with E-state index < -0.39 is 31.3 Å². The number of phenols is 2. The molecule has 1 aromatic rings. The summed E-state index contributed by atoms with van der Waals surface area (Å²) in [5.74, 6) is -3.20. The summed E-state index contributed by atoms with van der Waals surface area (Å²) < 4.78 is 34.2. The molecular formula is C6H4ClFO4S. The first kappa shape index (κ1) is 10.1. The first-order valence-corrected chi connectivity index (χ1v) is 5.30. The number of hydrogen-bond donors (Lipinski definition) is 2. The van der Waals surface area contributed by atoms with E-state index in [2.05, 4.69) is 0 Å². The van der Waals surface area contributed by atoms with E-state index in [1.807, 2.05) is 0 Å². The van der Waals surface area contributed by atoms with Gasteiger partial charge in [-0.3, -0.25) is 0 Å². The lowest BCUT2D eigenvalue weighted by Gasteiger charge is -2.02. The molecule has 13 heavy (non-hydrogen) atoms. The van der Waals surface area contributed by atoms with Crippen LogP contribution in [0.1, 0.15) is 0 Å². The first-order chi connectivity index (χ1) is 5.84. The highest BCUT2D eigenvalue weighted by atomic mass is 35.7. The van der Waals surface area contributed by atoms with Crippen molar-refractivity contribution in [2.24, 2.45) is 0 Å². The van der Waals surface area contributed by atoms with Crippen LogP contribution in [0.2, 0.25) is 0 Å². The molecule has 0 heterocycles. The lowest BCUT2D eigenvalue weighted by Crippen LogP contribution is -1.96. The van der Waals surface area contributed by atoms with Crippen molar-refractivity contribution in [3.05, 3.63) is 17.9 Å². The standard InChI is InChI=1S/C6H4ClFO4S/c7-13(11,12)6-4(10)2-1-3(9)5(6)8/h1-2,9-10H. The van der Waals surface area contributed by atoms with E-state index in [4.69, 9.17) is 20.9 Å². The van der Waals surface area contributed by atoms with Gasteiger partial charge in [0.1, 0.15) is 5.75 Å². The molecular weight excluding hydrogens is 223 g/mol. The van der Waals surface area contributed by atoms with Gasteiger partial charge < -0.3 is 10.2 Å². The molecule has 0 fully saturated rings. The van der Waals surface area contributed by atoms with Crippen molar-refractivity contribution in [3.8, 4) is 11.5 Å². The van der Waals surface area contributed by atoms with Gasteiger partial charge in [0.25, 0.3) is 9.05 Å². The fourth-order valence-corrected chi connectivity index (χ4v) is 1.84. The lowest BCUT2D eigenvalue weighted by molar-refractivity contribution is 0.402. The lowest BCUT2D eigenvalue weighted by atomic mass is 10.3. The molecule has 0 aliphatic rings. The topological polar surface area (TPSA) is 74.6 Å². The largest absolute Gasteiger partial charge is 0.506 e. The molecule has 0 radical (unpaired) electrons. The van der Waals surface area contributed by atoms with Gasteiger partial charge in [0.15, 0.2) is 16.5 Å². The highest BCUT2D eigenvalue weighted by Crippen LogP contribution is 2.33. The van der Waals surface area contributed by atoms with Crippen molar-refractivity contribution in [2.45, 2.75) is 4.90 Å². The van der Waals surface area contributed by atoms with Crippen LogP contribution < -0.4 is 0 Å². The first-order valence-electron chi connectivity index (χ1n) is 2.99. The number of halogens is 2. The van der Waals surface area contributed by atoms with Crippen molar-refractivity contribution in [1.82, 2.24) is 0 Å². The number of aromatic hydroxyl groups is 2. The Morgan fingerprint density at radius 1 is 1.23 bits per heavy atom. The maximum Gasteiger partial charge on any atom is 0.268 e. The molecule has 0 saturated heterocycles. The molecule has 0 unspecified atom stereocenters. The molecule has 7 heteroatoms. The summed E-state index contributed by atoms with van der Waals surface area (Å²) in [7, 11) is 0.403. The van der Waals surface area contributed by atoms with E-state index in [1.165, 1.54) is 0 Å². The van der Waals surface area contributed by atoms with Crippen LogP contribution in [-0.4, -0.2) is 18.6 Å². The van der Waals surface area contributed by atoms with Gasteiger partial charge in [-0.1, -0.05) is 0 Å². The van der Waals surface area contributed by atoms with Crippen LogP contribution in [0.3, 0.4) is 0 Å². The molecule has 0 aliphatic heterocycles. The zero-order valence-corrected chi connectivity index (χ0v) is 7.60. The quantitative estimate of drug-likeness (QED) is 0.557. The molecule has 4 nitrogen and oxygen atoms in total. The minimum absolute atomic E-state index is 0.816. The number of benzene rings is 1. The van der Waals surface area contributed by atoms with Crippen LogP contribution in [0.15, 0.2) is 17.0 Å². The van der Waals surface area contributed by atoms with Crippen LogP contribution in [0, 0.1) is 5.82 Å². The second-order valence-electron chi connectivity index (χ2n) is 2.18. The highest BCUT2D eigenvalue weighted by Gasteiger charge is 2.23. The van der Waals surface area contributed by atoms with Crippen LogP contribution in [-0.2, 0) is 9.05 Å². The predicted molar refractivity (Wildman–Crippen MR) is 42.8 cm³/mol. The summed E-state index contributed by atoms with van der Waals surface area (Å²) in [5.41, 5.74) is 0. The summed E-state index contributed by atoms with van der Waals surface area (Å²) in [6.45, 7) is 0. The zero-order valence-electron chi connectivity index (χ0n) is 6.03. The second-order valence-corrected chi connectivity index (χ2v) is 4.69. The van der Waals surface area contributed by atoms with Gasteiger partial charge in [-0.2, -0.15) is 0 Å². The Kier molecular flexibility index (Phi) is 2.36. The molecule has 2 N–H and O–H groups in total. The van der Waals surface area contributed by atoms with Crippen LogP contribution in [0.4, 0.5) is 4.39 Å². The third kappa shape index (κ3) is 1.84. The molecule has 0 bridgehead atoms. The van der Waals surface area contributed by atoms with Gasteiger partial charge in [0.05, 0.1) is 0 Å². The molecule has 0 saturated carbocycles. The van der Waals surface area contributed by atoms with Crippen molar-refractivity contribution >= 4 is 19.7 Å². The van der Waals surface area contributed by atoms with E-state index in [0.29, 0.717) is 0 Å². The van der Waals surface area contributed by atoms with Gasteiger partial charge in [0.2, 0.25) is 0 Å². The third-order valence-corrected chi connectivity index (χ3v) is 2.64. The zero-order chi connectivity index (χ0) is 10.2. The van der Waals surface area contributed by atoms with Crippen molar-refractivity contribution < 1.29 is 23.0 Å². The molecule has 0 amide bonds. The van der Waals surface area contributed by atoms with E-state index in [9.17, 15) is 12.8 Å². The Morgan fingerprint density at radius 2 is 1.69 bits per heavy atom. The smallest absolute Gasteiger partial charge is 0.268 e. The van der Waals surface area contributed by atoms with Gasteiger partial charge in [-0.25, -0.2) is 12.8 Å². The number of phenolic OH excluding ortho intramolecular Hbond substituents is 2. The summed E-state index contributed by atoms with van der Waals surface area (Å²) in [6, 6.07) is 1.64. The van der Waals surface area contributed by atoms with Gasteiger partial charge >= 0.3 is 0 Å². The van der Waals surface area contributed by atoms with Crippen LogP contribution in [0.5, 0.6) is 11.5 Å². The summed E-state index contributed by atoms with van der Waals surface area (Å²) in [5, 5.41) is 17.7. The number of hydrogen-bond acceptors (Lipinski definition) is 4. The second kappa shape index (κ2) is 3.04. The van der Waals surface area contributed by atoms with Crippen LogP contribution in [0.25, 0.3) is 0 Å². The summed E-state index contributed by atoms with van der Waals surface area (Å²) in [4.78, 5) is -1.12. The molecule has 0 aliphatic carbocycles. The monoisotopic (exact) mass is 226 g/mol. The van der Waals surface area contributed by atoms with E-state index in [0.717, 1.165) is 12.1 Å². The predicted octanol–water partition coefficient (Wildman–Crippen LogP) is 1.16. The Hall–Kier alpha value is -1.01. The Bertz CT molecular complexity index is 442. The minimum Gasteiger partial charge on any atom is -0.506 e. The fourth-order valence-electron chi connectivity index (χ4n) is 0.767. The number of rotatable bonds is 1. The average molecular weight is 227 g/mol. The maximum atomic E-state index is 12.9. The normalized spacial score (nSPS) is 11.5. The van der Waals surface area contributed by atoms with E-state index >= 15 is 0 Å². The van der Waals surface area contributed by atoms with Crippen molar-refractivity contribution in [2.75, 3.05) is 0 Å². The molecule has 0 spiro atoms. The minimum atomic E-state index is -4.40. The highest BCUT2D eigenvalue weighted by molar-refractivity contribution is 8.13. The summed E-state index contributed by atoms with van der Waals surface area (Å²) >= 11 is 0. The van der Waals surface area contributed by atoms with Crippen LogP contribution >= 0.6 is 10.7 Å². The van der Waals surface area contributed by atoms with E-state index in [-0.39, 0.29) is 0 Å². The van der Waals surface area contributed by atoms with Gasteiger partial charge in [-0.05, 0) is 12.1 Å². The van der Waals surface area contributed by atoms with Gasteiger partial charge in [-0.15, -0.1) is 0 Å². The van der Waals surface area contributed by atoms with Gasteiger partial charge in [0, 0.05) is 10.7 Å². The molecule has 0 atom stereocenters. The van der Waals surface area contributed by atoms with Crippen molar-refractivity contribution in [1.29, 1.82) is 0 Å². The maximum absolute atomic E-state index is 12.9. The van der Waals surface area contributed by atoms with Crippen molar-refractivity contribution in [3.63, 3.8) is 0 Å². The molecule has 72 valence electrons. The molecule has 1 rings (SSSR count). The Balaban J connectivity index is 3.62. The Morgan fingerprint density at radius 3 is 2.08 bits per heavy atom. The SMILES string of the molecule is O=S(=O)(Cl)c1c(O)ccc(O)c1F. The average Bonchev–Trinajstić information content (AvgIpc) is 1.95. The fraction of sp³-hybridized carbons (Fsp3) is 0. The molecule has 0 aromatic heterocycles.